The molecule has 0 unspecified atom stereocenters. The van der Waals surface area contributed by atoms with Crippen LogP contribution in [0.25, 0.3) is 0 Å². The lowest BCUT2D eigenvalue weighted by atomic mass is 9.94. The molecular weight excluding hydrogens is 378 g/mol. The molecule has 7 heteroatoms. The Bertz CT molecular complexity index is 848. The number of urea groups is 2. The maximum atomic E-state index is 12.3. The van der Waals surface area contributed by atoms with Crippen molar-refractivity contribution in [3.63, 3.8) is 0 Å². The second-order valence-corrected chi connectivity index (χ2v) is 7.89. The standard InChI is InChI=1S/C23H31N5O2/c1-17-8-9-20(26-23(30)25-19-6-4-3-5-7-19)16-21(17)27-22(29)24-13-10-18-11-14-28(2)15-12-18/h3-9,16,18H,10-15H2,1-2H3,(H2,24,27,29)(H2,25,26,30). The molecule has 1 saturated heterocycles. The van der Waals surface area contributed by atoms with Crippen molar-refractivity contribution in [2.45, 2.75) is 26.2 Å². The van der Waals surface area contributed by atoms with Gasteiger partial charge in [-0.1, -0.05) is 24.3 Å². The van der Waals surface area contributed by atoms with E-state index in [-0.39, 0.29) is 12.1 Å². The summed E-state index contributed by atoms with van der Waals surface area (Å²) in [6.45, 7) is 4.85. The molecule has 1 heterocycles. The molecule has 0 atom stereocenters. The molecule has 0 spiro atoms. The molecule has 0 radical (unpaired) electrons. The Morgan fingerprint density at radius 3 is 2.37 bits per heavy atom. The molecule has 0 aliphatic carbocycles. The summed E-state index contributed by atoms with van der Waals surface area (Å²) in [5, 5.41) is 11.4. The van der Waals surface area contributed by atoms with E-state index >= 15 is 0 Å². The molecule has 0 saturated carbocycles. The second kappa shape index (κ2) is 10.6. The van der Waals surface area contributed by atoms with E-state index in [9.17, 15) is 9.59 Å². The highest BCUT2D eigenvalue weighted by atomic mass is 16.2. The van der Waals surface area contributed by atoms with Crippen molar-refractivity contribution in [2.75, 3.05) is 42.6 Å². The number of aryl methyl sites for hydroxylation is 1. The lowest BCUT2D eigenvalue weighted by molar-refractivity contribution is 0.211. The number of benzene rings is 2. The van der Waals surface area contributed by atoms with Gasteiger partial charge in [0.2, 0.25) is 0 Å². The van der Waals surface area contributed by atoms with Gasteiger partial charge in [0, 0.05) is 23.6 Å². The Morgan fingerprint density at radius 2 is 1.63 bits per heavy atom. The zero-order chi connectivity index (χ0) is 21.3. The summed E-state index contributed by atoms with van der Waals surface area (Å²) in [6.07, 6.45) is 3.39. The van der Waals surface area contributed by atoms with Crippen molar-refractivity contribution in [2.24, 2.45) is 5.92 Å². The largest absolute Gasteiger partial charge is 0.338 e. The van der Waals surface area contributed by atoms with Crippen LogP contribution in [-0.2, 0) is 0 Å². The predicted octanol–water partition coefficient (Wildman–Crippen LogP) is 4.49. The topological polar surface area (TPSA) is 85.5 Å². The summed E-state index contributed by atoms with van der Waals surface area (Å²) < 4.78 is 0. The van der Waals surface area contributed by atoms with Crippen molar-refractivity contribution in [1.82, 2.24) is 10.2 Å². The van der Waals surface area contributed by atoms with Crippen LogP contribution >= 0.6 is 0 Å². The van der Waals surface area contributed by atoms with Gasteiger partial charge in [-0.2, -0.15) is 0 Å². The summed E-state index contributed by atoms with van der Waals surface area (Å²) in [6, 6.07) is 14.1. The first-order chi connectivity index (χ1) is 14.5. The number of carbonyl (C=O) groups excluding carboxylic acids is 2. The van der Waals surface area contributed by atoms with E-state index in [1.807, 2.05) is 49.4 Å². The Labute approximate surface area is 178 Å². The molecule has 7 nitrogen and oxygen atoms in total. The number of amides is 4. The van der Waals surface area contributed by atoms with Crippen LogP contribution in [0.1, 0.15) is 24.8 Å². The maximum absolute atomic E-state index is 12.3. The minimum absolute atomic E-state index is 0.225. The van der Waals surface area contributed by atoms with Crippen molar-refractivity contribution in [1.29, 1.82) is 0 Å². The Kier molecular flexibility index (Phi) is 7.68. The van der Waals surface area contributed by atoms with Crippen molar-refractivity contribution in [3.05, 3.63) is 54.1 Å². The number of carbonyl (C=O) groups is 2. The van der Waals surface area contributed by atoms with Gasteiger partial charge in [0.1, 0.15) is 0 Å². The quantitative estimate of drug-likeness (QED) is 0.567. The zero-order valence-corrected chi connectivity index (χ0v) is 17.7. The summed E-state index contributed by atoms with van der Waals surface area (Å²) in [7, 11) is 2.15. The van der Waals surface area contributed by atoms with E-state index in [4.69, 9.17) is 0 Å². The van der Waals surface area contributed by atoms with Crippen LogP contribution in [0.4, 0.5) is 26.7 Å². The van der Waals surface area contributed by atoms with Gasteiger partial charge in [-0.15, -0.1) is 0 Å². The molecule has 0 bridgehead atoms. The van der Waals surface area contributed by atoms with Crippen LogP contribution in [0.5, 0.6) is 0 Å². The third kappa shape index (κ3) is 6.77. The monoisotopic (exact) mass is 409 g/mol. The normalized spacial score (nSPS) is 14.7. The van der Waals surface area contributed by atoms with Gasteiger partial charge in [0.05, 0.1) is 0 Å². The molecule has 30 heavy (non-hydrogen) atoms. The van der Waals surface area contributed by atoms with E-state index in [0.29, 0.717) is 29.5 Å². The summed E-state index contributed by atoms with van der Waals surface area (Å²) in [5.74, 6) is 0.680. The van der Waals surface area contributed by atoms with Crippen LogP contribution in [0.15, 0.2) is 48.5 Å². The molecule has 4 N–H and O–H groups in total. The lowest BCUT2D eigenvalue weighted by Gasteiger charge is -2.28. The molecule has 160 valence electrons. The Hall–Kier alpha value is -3.06. The zero-order valence-electron chi connectivity index (χ0n) is 17.7. The number of nitrogens with one attached hydrogen (secondary N) is 4. The van der Waals surface area contributed by atoms with Gasteiger partial charge in [-0.3, -0.25) is 0 Å². The van der Waals surface area contributed by atoms with Gasteiger partial charge in [0.25, 0.3) is 0 Å². The van der Waals surface area contributed by atoms with E-state index in [1.54, 1.807) is 6.07 Å². The highest BCUT2D eigenvalue weighted by molar-refractivity contribution is 6.00. The highest BCUT2D eigenvalue weighted by Gasteiger charge is 2.16. The fourth-order valence-electron chi connectivity index (χ4n) is 3.56. The minimum Gasteiger partial charge on any atom is -0.338 e. The number of rotatable bonds is 6. The van der Waals surface area contributed by atoms with E-state index in [0.717, 1.165) is 25.1 Å². The smallest absolute Gasteiger partial charge is 0.323 e. The van der Waals surface area contributed by atoms with Gasteiger partial charge >= 0.3 is 12.1 Å². The third-order valence-corrected chi connectivity index (χ3v) is 5.45. The average molecular weight is 410 g/mol. The molecule has 1 aliphatic heterocycles. The first-order valence-electron chi connectivity index (χ1n) is 10.5. The number of hydrogen-bond acceptors (Lipinski definition) is 3. The van der Waals surface area contributed by atoms with Gasteiger partial charge in [-0.05, 0) is 82.1 Å². The van der Waals surface area contributed by atoms with Gasteiger partial charge < -0.3 is 26.2 Å². The minimum atomic E-state index is -0.335. The molecule has 1 fully saturated rings. The molecule has 1 aliphatic rings. The highest BCUT2D eigenvalue weighted by Crippen LogP contribution is 2.21. The number of likely N-dealkylation sites (tertiary alicyclic amines) is 1. The van der Waals surface area contributed by atoms with Crippen LogP contribution in [-0.4, -0.2) is 43.6 Å². The fraction of sp³-hybridized carbons (Fsp3) is 0.391. The molecule has 2 aromatic rings. The van der Waals surface area contributed by atoms with E-state index in [1.165, 1.54) is 12.8 Å². The van der Waals surface area contributed by atoms with E-state index < -0.39 is 0 Å². The number of para-hydroxylation sites is 1. The van der Waals surface area contributed by atoms with Crippen LogP contribution < -0.4 is 21.3 Å². The van der Waals surface area contributed by atoms with Crippen molar-refractivity contribution in [3.8, 4) is 0 Å². The average Bonchev–Trinajstić information content (AvgIpc) is 2.72. The third-order valence-electron chi connectivity index (χ3n) is 5.45. The fourth-order valence-corrected chi connectivity index (χ4v) is 3.56. The first-order valence-corrected chi connectivity index (χ1v) is 10.5. The lowest BCUT2D eigenvalue weighted by Crippen LogP contribution is -2.34. The van der Waals surface area contributed by atoms with Gasteiger partial charge in [0.15, 0.2) is 0 Å². The molecule has 4 amide bonds. The second-order valence-electron chi connectivity index (χ2n) is 7.89. The SMILES string of the molecule is Cc1ccc(NC(=O)Nc2ccccc2)cc1NC(=O)NCCC1CCN(C)CC1. The van der Waals surface area contributed by atoms with Crippen molar-refractivity contribution < 1.29 is 9.59 Å². The Balaban J connectivity index is 1.47. The summed E-state index contributed by atoms with van der Waals surface area (Å²) in [4.78, 5) is 26.8. The van der Waals surface area contributed by atoms with Crippen LogP contribution in [0.2, 0.25) is 0 Å². The van der Waals surface area contributed by atoms with Gasteiger partial charge in [-0.25, -0.2) is 9.59 Å². The number of nitrogens with zero attached hydrogens (tertiary/aromatic N) is 1. The number of anilines is 3. The predicted molar refractivity (Wildman–Crippen MR) is 122 cm³/mol. The Morgan fingerprint density at radius 1 is 0.933 bits per heavy atom. The van der Waals surface area contributed by atoms with Crippen LogP contribution in [0, 0.1) is 12.8 Å². The van der Waals surface area contributed by atoms with Crippen LogP contribution in [0.3, 0.4) is 0 Å². The van der Waals surface area contributed by atoms with E-state index in [2.05, 4.69) is 33.2 Å². The summed E-state index contributed by atoms with van der Waals surface area (Å²) >= 11 is 0. The summed E-state index contributed by atoms with van der Waals surface area (Å²) in [5.41, 5.74) is 2.92. The molecule has 3 rings (SSSR count). The first kappa shape index (κ1) is 21.6. The number of hydrogen-bond donors (Lipinski definition) is 4. The molecule has 0 aromatic heterocycles. The van der Waals surface area contributed by atoms with Crippen molar-refractivity contribution >= 4 is 29.1 Å². The molecule has 2 aromatic carbocycles. The number of piperidine rings is 1. The maximum Gasteiger partial charge on any atom is 0.323 e. The molecular formula is C23H31N5O2.